The Morgan fingerprint density at radius 3 is 2.78 bits per heavy atom. The molecule has 1 heterocycles. The van der Waals surface area contributed by atoms with Gasteiger partial charge >= 0.3 is 6.03 Å². The summed E-state index contributed by atoms with van der Waals surface area (Å²) < 4.78 is 5.08. The van der Waals surface area contributed by atoms with E-state index < -0.39 is 18.0 Å². The Morgan fingerprint density at radius 1 is 1.39 bits per heavy atom. The number of carbonyl (C=O) groups is 3. The lowest BCUT2D eigenvalue weighted by Gasteiger charge is -2.14. The van der Waals surface area contributed by atoms with Gasteiger partial charge in [0.15, 0.2) is 0 Å². The molecule has 7 heteroatoms. The quantitative estimate of drug-likeness (QED) is 0.780. The fraction of sp³-hybridized carbons (Fsp3) is 0.438. The van der Waals surface area contributed by atoms with Crippen LogP contribution in [0, 0.1) is 5.92 Å². The zero-order valence-electron chi connectivity index (χ0n) is 13.5. The van der Waals surface area contributed by atoms with E-state index in [4.69, 9.17) is 4.74 Å². The van der Waals surface area contributed by atoms with E-state index in [1.807, 2.05) is 13.8 Å². The number of anilines is 1. The third-order valence-corrected chi connectivity index (χ3v) is 3.47. The number of imide groups is 1. The van der Waals surface area contributed by atoms with E-state index in [1.54, 1.807) is 24.3 Å². The van der Waals surface area contributed by atoms with E-state index in [0.29, 0.717) is 17.9 Å². The van der Waals surface area contributed by atoms with E-state index in [0.717, 1.165) is 4.90 Å². The number of amides is 4. The number of methoxy groups -OCH3 is 1. The molecule has 23 heavy (non-hydrogen) atoms. The molecular formula is C16H21N3O4. The lowest BCUT2D eigenvalue weighted by molar-refractivity contribution is -0.131. The number of carbonyl (C=O) groups excluding carboxylic acids is 3. The van der Waals surface area contributed by atoms with Crippen molar-refractivity contribution in [3.8, 4) is 5.75 Å². The maximum Gasteiger partial charge on any atom is 0.325 e. The topological polar surface area (TPSA) is 87.7 Å². The largest absolute Gasteiger partial charge is 0.497 e. The second-order valence-electron chi connectivity index (χ2n) is 5.84. The minimum absolute atomic E-state index is 0.273. The van der Waals surface area contributed by atoms with Crippen LogP contribution in [0.4, 0.5) is 10.5 Å². The van der Waals surface area contributed by atoms with Crippen LogP contribution < -0.4 is 15.4 Å². The monoisotopic (exact) mass is 319 g/mol. The van der Waals surface area contributed by atoms with Gasteiger partial charge in [-0.3, -0.25) is 14.5 Å². The maximum atomic E-state index is 12.2. The van der Waals surface area contributed by atoms with Gasteiger partial charge in [-0.15, -0.1) is 0 Å². The fourth-order valence-corrected chi connectivity index (χ4v) is 2.40. The highest BCUT2D eigenvalue weighted by molar-refractivity contribution is 6.07. The molecule has 4 amide bonds. The summed E-state index contributed by atoms with van der Waals surface area (Å²) >= 11 is 0. The van der Waals surface area contributed by atoms with Crippen LogP contribution in [0.25, 0.3) is 0 Å². The van der Waals surface area contributed by atoms with Gasteiger partial charge in [-0.05, 0) is 24.5 Å². The van der Waals surface area contributed by atoms with Gasteiger partial charge in [0.25, 0.3) is 5.91 Å². The summed E-state index contributed by atoms with van der Waals surface area (Å²) in [6.07, 6.45) is 0.554. The first-order chi connectivity index (χ1) is 10.9. The van der Waals surface area contributed by atoms with Crippen LogP contribution in [0.3, 0.4) is 0 Å². The summed E-state index contributed by atoms with van der Waals surface area (Å²) in [5.74, 6) is 0.0843. The summed E-state index contributed by atoms with van der Waals surface area (Å²) in [6.45, 7) is 3.63. The van der Waals surface area contributed by atoms with E-state index >= 15 is 0 Å². The maximum absolute atomic E-state index is 12.2. The number of hydrogen-bond acceptors (Lipinski definition) is 4. The lowest BCUT2D eigenvalue weighted by Crippen LogP contribution is -2.38. The van der Waals surface area contributed by atoms with Crippen molar-refractivity contribution in [2.45, 2.75) is 26.3 Å². The van der Waals surface area contributed by atoms with Crippen molar-refractivity contribution in [2.24, 2.45) is 5.92 Å². The molecule has 0 saturated carbocycles. The molecular weight excluding hydrogens is 298 g/mol. The van der Waals surface area contributed by atoms with Crippen molar-refractivity contribution in [3.05, 3.63) is 24.3 Å². The van der Waals surface area contributed by atoms with Gasteiger partial charge in [-0.25, -0.2) is 4.79 Å². The van der Waals surface area contributed by atoms with Crippen LogP contribution in [-0.4, -0.2) is 42.4 Å². The van der Waals surface area contributed by atoms with Gasteiger partial charge in [0.05, 0.1) is 7.11 Å². The van der Waals surface area contributed by atoms with Crippen molar-refractivity contribution in [3.63, 3.8) is 0 Å². The van der Waals surface area contributed by atoms with Crippen LogP contribution in [0.5, 0.6) is 5.75 Å². The molecule has 1 atom stereocenters. The van der Waals surface area contributed by atoms with Gasteiger partial charge in [-0.1, -0.05) is 19.9 Å². The second-order valence-corrected chi connectivity index (χ2v) is 5.84. The van der Waals surface area contributed by atoms with Crippen LogP contribution in [0.2, 0.25) is 0 Å². The van der Waals surface area contributed by atoms with Crippen molar-refractivity contribution >= 4 is 23.5 Å². The summed E-state index contributed by atoms with van der Waals surface area (Å²) in [5.41, 5.74) is 0.542. The van der Waals surface area contributed by atoms with Crippen molar-refractivity contribution in [1.82, 2.24) is 10.2 Å². The normalized spacial score (nSPS) is 17.4. The average molecular weight is 319 g/mol. The predicted octanol–water partition coefficient (Wildman–Crippen LogP) is 1.60. The minimum atomic E-state index is -0.549. The summed E-state index contributed by atoms with van der Waals surface area (Å²) in [6, 6.07) is 5.78. The summed E-state index contributed by atoms with van der Waals surface area (Å²) in [7, 11) is 1.53. The number of hydrogen-bond donors (Lipinski definition) is 2. The number of ether oxygens (including phenoxy) is 1. The second kappa shape index (κ2) is 7.13. The van der Waals surface area contributed by atoms with Crippen LogP contribution in [-0.2, 0) is 9.59 Å². The number of rotatable bonds is 6. The van der Waals surface area contributed by atoms with Gasteiger partial charge in [0.2, 0.25) is 5.91 Å². The molecule has 0 spiro atoms. The molecule has 0 aromatic heterocycles. The molecule has 1 aliphatic rings. The van der Waals surface area contributed by atoms with E-state index in [2.05, 4.69) is 10.6 Å². The third kappa shape index (κ3) is 4.21. The number of benzene rings is 1. The number of nitrogens with one attached hydrogen (secondary N) is 2. The Kier molecular flexibility index (Phi) is 5.20. The molecule has 1 saturated heterocycles. The molecule has 0 unspecified atom stereocenters. The van der Waals surface area contributed by atoms with E-state index in [1.165, 1.54) is 7.11 Å². The van der Waals surface area contributed by atoms with E-state index in [-0.39, 0.29) is 18.4 Å². The molecule has 2 N–H and O–H groups in total. The zero-order valence-corrected chi connectivity index (χ0v) is 13.5. The summed E-state index contributed by atoms with van der Waals surface area (Å²) in [5, 5.41) is 5.26. The van der Waals surface area contributed by atoms with E-state index in [9.17, 15) is 14.4 Å². The Labute approximate surface area is 135 Å². The Bertz CT molecular complexity index is 615. The highest BCUT2D eigenvalue weighted by atomic mass is 16.5. The summed E-state index contributed by atoms with van der Waals surface area (Å²) in [4.78, 5) is 37.1. The third-order valence-electron chi connectivity index (χ3n) is 3.47. The number of nitrogens with zero attached hydrogens (tertiary/aromatic N) is 1. The molecule has 2 rings (SSSR count). The van der Waals surface area contributed by atoms with Crippen molar-refractivity contribution < 1.29 is 19.1 Å². The number of urea groups is 1. The van der Waals surface area contributed by atoms with Gasteiger partial charge < -0.3 is 15.4 Å². The molecule has 7 nitrogen and oxygen atoms in total. The predicted molar refractivity (Wildman–Crippen MR) is 85.1 cm³/mol. The molecule has 1 aromatic rings. The molecule has 124 valence electrons. The highest BCUT2D eigenvalue weighted by Gasteiger charge is 2.38. The van der Waals surface area contributed by atoms with Crippen LogP contribution in [0.15, 0.2) is 24.3 Å². The van der Waals surface area contributed by atoms with Gasteiger partial charge in [0.1, 0.15) is 18.3 Å². The first-order valence-electron chi connectivity index (χ1n) is 7.46. The van der Waals surface area contributed by atoms with Gasteiger partial charge in [0, 0.05) is 11.8 Å². The lowest BCUT2D eigenvalue weighted by atomic mass is 10.0. The fourth-order valence-electron chi connectivity index (χ4n) is 2.40. The molecule has 1 aromatic carbocycles. The Hall–Kier alpha value is -2.57. The molecule has 0 aliphatic carbocycles. The standard InChI is InChI=1S/C16H21N3O4/c1-10(2)7-13-15(21)19(16(22)18-13)9-14(20)17-11-5-4-6-12(8-11)23-3/h4-6,8,10,13H,7,9H2,1-3H3,(H,17,20)(H,18,22)/t13-/m1/s1. The molecule has 1 fully saturated rings. The molecule has 0 bridgehead atoms. The minimum Gasteiger partial charge on any atom is -0.497 e. The molecule has 0 radical (unpaired) electrons. The zero-order chi connectivity index (χ0) is 17.0. The van der Waals surface area contributed by atoms with Crippen LogP contribution >= 0.6 is 0 Å². The smallest absolute Gasteiger partial charge is 0.325 e. The highest BCUT2D eigenvalue weighted by Crippen LogP contribution is 2.17. The first kappa shape index (κ1) is 16.8. The SMILES string of the molecule is COc1cccc(NC(=O)CN2C(=O)N[C@H](CC(C)C)C2=O)c1. The average Bonchev–Trinajstić information content (AvgIpc) is 2.74. The Morgan fingerprint density at radius 2 is 2.13 bits per heavy atom. The Balaban J connectivity index is 1.97. The van der Waals surface area contributed by atoms with Gasteiger partial charge in [-0.2, -0.15) is 0 Å². The van der Waals surface area contributed by atoms with Crippen LogP contribution in [0.1, 0.15) is 20.3 Å². The van der Waals surface area contributed by atoms with Crippen molar-refractivity contribution in [2.75, 3.05) is 19.0 Å². The first-order valence-corrected chi connectivity index (χ1v) is 7.46. The molecule has 1 aliphatic heterocycles. The van der Waals surface area contributed by atoms with Crippen molar-refractivity contribution in [1.29, 1.82) is 0 Å².